The second-order valence-electron chi connectivity index (χ2n) is 8.73. The maximum atomic E-state index is 6.06. The van der Waals surface area contributed by atoms with Gasteiger partial charge >= 0.3 is 0 Å². The van der Waals surface area contributed by atoms with E-state index in [-0.39, 0.29) is 5.41 Å². The Balaban J connectivity index is 1.83. The van der Waals surface area contributed by atoms with Crippen molar-refractivity contribution in [3.05, 3.63) is 11.6 Å². The third kappa shape index (κ3) is 1.92. The van der Waals surface area contributed by atoms with E-state index in [1.165, 1.54) is 44.3 Å². The summed E-state index contributed by atoms with van der Waals surface area (Å²) in [5, 5.41) is 9.03. The highest BCUT2D eigenvalue weighted by molar-refractivity contribution is 6.16. The van der Waals surface area contributed by atoms with Crippen LogP contribution in [0.4, 0.5) is 0 Å². The van der Waals surface area contributed by atoms with Crippen molar-refractivity contribution in [2.75, 3.05) is 0 Å². The molecule has 4 aliphatic rings. The number of alkyl halides is 1. The van der Waals surface area contributed by atoms with Gasteiger partial charge in [-0.3, -0.25) is 0 Å². The van der Waals surface area contributed by atoms with Gasteiger partial charge in [0.1, 0.15) is 11.6 Å². The highest BCUT2D eigenvalue weighted by Gasteiger charge is 2.62. The lowest BCUT2D eigenvalue weighted by Crippen LogP contribution is -2.57. The van der Waals surface area contributed by atoms with Gasteiger partial charge in [-0.1, -0.05) is 13.8 Å². The van der Waals surface area contributed by atoms with Gasteiger partial charge in [-0.2, -0.15) is 0 Å². The van der Waals surface area contributed by atoms with E-state index in [9.17, 15) is 0 Å². The number of rotatable bonds is 3. The Morgan fingerprint density at radius 3 is 2.29 bits per heavy atom. The van der Waals surface area contributed by atoms with Crippen LogP contribution in [0, 0.1) is 16.7 Å². The summed E-state index contributed by atoms with van der Waals surface area (Å²) < 4.78 is 2.30. The zero-order chi connectivity index (χ0) is 14.9. The summed E-state index contributed by atoms with van der Waals surface area (Å²) in [4.78, 5) is 0. The lowest BCUT2D eigenvalue weighted by molar-refractivity contribution is -0.113. The lowest BCUT2D eigenvalue weighted by atomic mass is 9.40. The normalized spacial score (nSPS) is 44.5. The fourth-order valence-corrected chi connectivity index (χ4v) is 7.05. The fraction of sp³-hybridized carbons (Fsp3) is 0.882. The molecular formula is C17H26ClN3. The number of hydrogen-bond donors (Lipinski definition) is 0. The third-order valence-electron chi connectivity index (χ3n) is 6.36. The lowest BCUT2D eigenvalue weighted by Gasteiger charge is -2.65. The maximum Gasteiger partial charge on any atom is 0.147 e. The average Bonchev–Trinajstić information content (AvgIpc) is 2.77. The first-order valence-corrected chi connectivity index (χ1v) is 8.93. The van der Waals surface area contributed by atoms with E-state index in [1.54, 1.807) is 0 Å². The Kier molecular flexibility index (Phi) is 2.84. The Morgan fingerprint density at radius 1 is 1.10 bits per heavy atom. The molecule has 4 bridgehead atoms. The smallest absolute Gasteiger partial charge is 0.147 e. The minimum absolute atomic E-state index is 0.260. The first kappa shape index (κ1) is 14.0. The van der Waals surface area contributed by atoms with Gasteiger partial charge in [0.2, 0.25) is 0 Å². The monoisotopic (exact) mass is 307 g/mol. The van der Waals surface area contributed by atoms with Gasteiger partial charge < -0.3 is 4.57 Å². The minimum Gasteiger partial charge on any atom is -0.314 e. The number of nitrogens with zero attached hydrogens (tertiary/aromatic N) is 3. The second kappa shape index (κ2) is 4.24. The van der Waals surface area contributed by atoms with Crippen molar-refractivity contribution in [3.63, 3.8) is 0 Å². The topological polar surface area (TPSA) is 30.7 Å². The van der Waals surface area contributed by atoms with Gasteiger partial charge in [0, 0.05) is 12.0 Å². The molecule has 1 heterocycles. The SMILES string of the molecule is CCn1c(CCl)nnc1C12CC3CC(C)(CC(C)(C3)C1)C2. The number of aromatic nitrogens is 3. The van der Waals surface area contributed by atoms with Crippen molar-refractivity contribution in [3.8, 4) is 0 Å². The van der Waals surface area contributed by atoms with Gasteiger partial charge in [-0.25, -0.2) is 0 Å². The van der Waals surface area contributed by atoms with Crippen LogP contribution in [0.1, 0.15) is 70.9 Å². The van der Waals surface area contributed by atoms with Crippen LogP contribution in [0.3, 0.4) is 0 Å². The Labute approximate surface area is 132 Å². The Bertz CT molecular complexity index is 561. The number of halogens is 1. The third-order valence-corrected chi connectivity index (χ3v) is 6.60. The van der Waals surface area contributed by atoms with Crippen molar-refractivity contribution in [1.29, 1.82) is 0 Å². The zero-order valence-corrected chi connectivity index (χ0v) is 14.2. The molecule has 0 aliphatic heterocycles. The van der Waals surface area contributed by atoms with E-state index in [1.807, 2.05) is 0 Å². The molecule has 0 radical (unpaired) electrons. The summed E-state index contributed by atoms with van der Waals surface area (Å²) in [6.45, 7) is 8.15. The van der Waals surface area contributed by atoms with Crippen LogP contribution in [-0.2, 0) is 17.8 Å². The molecule has 0 spiro atoms. The molecule has 21 heavy (non-hydrogen) atoms. The first-order valence-electron chi connectivity index (χ1n) is 8.40. The molecule has 4 aliphatic carbocycles. The molecule has 1 aromatic rings. The van der Waals surface area contributed by atoms with Crippen molar-refractivity contribution < 1.29 is 0 Å². The van der Waals surface area contributed by atoms with E-state index >= 15 is 0 Å². The van der Waals surface area contributed by atoms with Gasteiger partial charge in [0.05, 0.1) is 5.88 Å². The Hall–Kier alpha value is -0.570. The minimum atomic E-state index is 0.260. The van der Waals surface area contributed by atoms with Crippen molar-refractivity contribution >= 4 is 11.6 Å². The van der Waals surface area contributed by atoms with Gasteiger partial charge in [-0.05, 0) is 62.2 Å². The highest BCUT2D eigenvalue weighted by Crippen LogP contribution is 2.69. The molecule has 5 rings (SSSR count). The van der Waals surface area contributed by atoms with Crippen LogP contribution < -0.4 is 0 Å². The largest absolute Gasteiger partial charge is 0.314 e. The molecule has 2 atom stereocenters. The molecule has 4 heteroatoms. The molecule has 0 amide bonds. The standard InChI is InChI=1S/C17H26ClN3/c1-4-21-13(8-18)19-20-14(21)17-7-12-5-15(2,10-17)9-16(3,6-12)11-17/h12H,4-11H2,1-3H3. The summed E-state index contributed by atoms with van der Waals surface area (Å²) in [5.41, 5.74) is 1.29. The molecule has 3 nitrogen and oxygen atoms in total. The van der Waals surface area contributed by atoms with Crippen molar-refractivity contribution in [2.45, 2.75) is 77.1 Å². The van der Waals surface area contributed by atoms with E-state index in [4.69, 9.17) is 11.6 Å². The van der Waals surface area contributed by atoms with Crippen LogP contribution in [-0.4, -0.2) is 14.8 Å². The highest BCUT2D eigenvalue weighted by atomic mass is 35.5. The van der Waals surface area contributed by atoms with E-state index in [2.05, 4.69) is 35.5 Å². The predicted octanol–water partition coefficient (Wildman–Crippen LogP) is 4.28. The van der Waals surface area contributed by atoms with Crippen LogP contribution in [0.2, 0.25) is 0 Å². The molecular weight excluding hydrogens is 282 g/mol. The van der Waals surface area contributed by atoms with Crippen molar-refractivity contribution in [2.24, 2.45) is 16.7 Å². The van der Waals surface area contributed by atoms with Gasteiger partial charge in [0.15, 0.2) is 0 Å². The molecule has 1 aromatic heterocycles. The molecule has 0 aromatic carbocycles. The quantitative estimate of drug-likeness (QED) is 0.780. The van der Waals surface area contributed by atoms with Crippen LogP contribution >= 0.6 is 11.6 Å². The molecule has 0 saturated heterocycles. The first-order chi connectivity index (χ1) is 9.91. The van der Waals surface area contributed by atoms with Crippen LogP contribution in [0.15, 0.2) is 0 Å². The van der Waals surface area contributed by atoms with Crippen molar-refractivity contribution in [1.82, 2.24) is 14.8 Å². The Morgan fingerprint density at radius 2 is 1.76 bits per heavy atom. The number of hydrogen-bond acceptors (Lipinski definition) is 2. The second-order valence-corrected chi connectivity index (χ2v) is 9.00. The summed E-state index contributed by atoms with van der Waals surface area (Å²) in [7, 11) is 0. The molecule has 4 fully saturated rings. The van der Waals surface area contributed by atoms with E-state index < -0.39 is 0 Å². The summed E-state index contributed by atoms with van der Waals surface area (Å²) in [6, 6.07) is 0. The molecule has 2 unspecified atom stereocenters. The summed E-state index contributed by atoms with van der Waals surface area (Å²) >= 11 is 6.06. The fourth-order valence-electron chi connectivity index (χ4n) is 6.86. The maximum absolute atomic E-state index is 6.06. The summed E-state index contributed by atoms with van der Waals surface area (Å²) in [5.74, 6) is 3.54. The van der Waals surface area contributed by atoms with Crippen LogP contribution in [0.25, 0.3) is 0 Å². The van der Waals surface area contributed by atoms with E-state index in [0.29, 0.717) is 16.7 Å². The van der Waals surface area contributed by atoms with Crippen LogP contribution in [0.5, 0.6) is 0 Å². The van der Waals surface area contributed by atoms with E-state index in [0.717, 1.165) is 18.3 Å². The van der Waals surface area contributed by atoms with Gasteiger partial charge in [0.25, 0.3) is 0 Å². The molecule has 0 N–H and O–H groups in total. The average molecular weight is 308 g/mol. The van der Waals surface area contributed by atoms with Gasteiger partial charge in [-0.15, -0.1) is 21.8 Å². The summed E-state index contributed by atoms with van der Waals surface area (Å²) in [6.07, 6.45) is 8.17. The predicted molar refractivity (Wildman–Crippen MR) is 84.3 cm³/mol. The molecule has 4 saturated carbocycles. The molecule has 116 valence electrons. The zero-order valence-electron chi connectivity index (χ0n) is 13.5.